The lowest BCUT2D eigenvalue weighted by Crippen LogP contribution is -2.27. The largest absolute Gasteiger partial charge is 0.446 e. The van der Waals surface area contributed by atoms with Gasteiger partial charge in [0.1, 0.15) is 0 Å². The van der Waals surface area contributed by atoms with Gasteiger partial charge in [-0.05, 0) is 0 Å². The van der Waals surface area contributed by atoms with E-state index in [1.165, 1.54) is 0 Å². The van der Waals surface area contributed by atoms with Crippen LogP contribution in [0.15, 0.2) is 12.7 Å². The summed E-state index contributed by atoms with van der Waals surface area (Å²) in [5.74, 6) is 0.155. The molecule has 0 aromatic carbocycles. The van der Waals surface area contributed by atoms with Crippen LogP contribution in [-0.4, -0.2) is 12.2 Å². The zero-order chi connectivity index (χ0) is 6.91. The number of carbonyl (C=O) groups excluding carboxylic acids is 1. The fourth-order valence-corrected chi connectivity index (χ4v) is 0.793. The quantitative estimate of drug-likeness (QED) is 0.330. The fourth-order valence-electron chi connectivity index (χ4n) is 0.793. The molecule has 0 heterocycles. The van der Waals surface area contributed by atoms with Crippen molar-refractivity contribution >= 4 is 6.47 Å². The van der Waals surface area contributed by atoms with Crippen LogP contribution in [0.2, 0.25) is 0 Å². The van der Waals surface area contributed by atoms with Crippen molar-refractivity contribution in [1.82, 2.24) is 0 Å². The number of carbonyl (C=O) groups is 1. The van der Waals surface area contributed by atoms with Gasteiger partial charge in [-0.2, -0.15) is 0 Å². The molecule has 2 atom stereocenters. The van der Waals surface area contributed by atoms with Crippen LogP contribution in [-0.2, 0) is 9.53 Å². The van der Waals surface area contributed by atoms with Crippen LogP contribution in [0, 0.1) is 5.92 Å². The predicted molar refractivity (Wildman–Crippen MR) is 32.4 cm³/mol. The molecule has 1 saturated carbocycles. The van der Waals surface area contributed by atoms with Crippen LogP contribution in [0.5, 0.6) is 0 Å². The van der Waals surface area contributed by atoms with Crippen LogP contribution in [0.25, 0.3) is 0 Å². The minimum absolute atomic E-state index is 0.155. The van der Waals surface area contributed by atoms with Crippen LogP contribution in [0.4, 0.5) is 0 Å². The van der Waals surface area contributed by atoms with Gasteiger partial charge in [0.15, 0.2) is 5.72 Å². The summed E-state index contributed by atoms with van der Waals surface area (Å²) < 4.78 is 4.57. The van der Waals surface area contributed by atoms with Gasteiger partial charge in [-0.3, -0.25) is 10.5 Å². The highest BCUT2D eigenvalue weighted by molar-refractivity contribution is 5.40. The van der Waals surface area contributed by atoms with Gasteiger partial charge >= 0.3 is 0 Å². The van der Waals surface area contributed by atoms with Gasteiger partial charge in [0, 0.05) is 12.3 Å². The number of ether oxygens (including phenoxy) is 1. The third-order valence-corrected chi connectivity index (χ3v) is 1.56. The smallest absolute Gasteiger partial charge is 0.294 e. The highest BCUT2D eigenvalue weighted by Gasteiger charge is 2.51. The van der Waals surface area contributed by atoms with Crippen molar-refractivity contribution in [2.75, 3.05) is 0 Å². The highest BCUT2D eigenvalue weighted by atomic mass is 16.6. The average molecular weight is 127 g/mol. The van der Waals surface area contributed by atoms with E-state index in [4.69, 9.17) is 5.73 Å². The molecule has 0 radical (unpaired) electrons. The molecule has 0 saturated heterocycles. The van der Waals surface area contributed by atoms with Crippen molar-refractivity contribution in [2.45, 2.75) is 12.1 Å². The second kappa shape index (κ2) is 1.84. The van der Waals surface area contributed by atoms with E-state index in [1.54, 1.807) is 6.08 Å². The number of hydrogen-bond donors (Lipinski definition) is 1. The van der Waals surface area contributed by atoms with E-state index < -0.39 is 5.72 Å². The summed E-state index contributed by atoms with van der Waals surface area (Å²) >= 11 is 0. The van der Waals surface area contributed by atoms with E-state index in [0.717, 1.165) is 0 Å². The standard InChI is InChI=1S/C6H9NO2/c1-2-5-3-6(5,7)9-4-8/h2,4-5H,1,3,7H2. The van der Waals surface area contributed by atoms with Gasteiger partial charge in [-0.1, -0.05) is 6.08 Å². The molecular formula is C6H9NO2. The van der Waals surface area contributed by atoms with E-state index in [9.17, 15) is 4.79 Å². The van der Waals surface area contributed by atoms with E-state index in [2.05, 4.69) is 11.3 Å². The Labute approximate surface area is 53.5 Å². The second-order valence-electron chi connectivity index (χ2n) is 2.22. The lowest BCUT2D eigenvalue weighted by molar-refractivity contribution is -0.135. The van der Waals surface area contributed by atoms with Gasteiger partial charge in [-0.25, -0.2) is 0 Å². The van der Waals surface area contributed by atoms with Crippen LogP contribution < -0.4 is 5.73 Å². The normalized spacial score (nSPS) is 39.4. The maximum atomic E-state index is 9.79. The summed E-state index contributed by atoms with van der Waals surface area (Å²) in [4.78, 5) is 9.79. The average Bonchev–Trinajstić information content (AvgIpc) is 2.43. The number of nitrogens with two attached hydrogens (primary N) is 1. The Morgan fingerprint density at radius 2 is 2.56 bits per heavy atom. The molecule has 0 aliphatic heterocycles. The Balaban J connectivity index is 2.41. The third-order valence-electron chi connectivity index (χ3n) is 1.56. The maximum Gasteiger partial charge on any atom is 0.294 e. The molecule has 2 unspecified atom stereocenters. The molecule has 50 valence electrons. The van der Waals surface area contributed by atoms with Gasteiger partial charge in [0.2, 0.25) is 0 Å². The summed E-state index contributed by atoms with van der Waals surface area (Å²) in [7, 11) is 0. The van der Waals surface area contributed by atoms with Crippen LogP contribution >= 0.6 is 0 Å². The first-order valence-electron chi connectivity index (χ1n) is 2.76. The Hall–Kier alpha value is -0.830. The predicted octanol–water partition coefficient (Wildman–Crippen LogP) is 0.0203. The topological polar surface area (TPSA) is 52.3 Å². The summed E-state index contributed by atoms with van der Waals surface area (Å²) in [6.07, 6.45) is 2.40. The van der Waals surface area contributed by atoms with Crippen molar-refractivity contribution in [3.63, 3.8) is 0 Å². The van der Waals surface area contributed by atoms with E-state index in [-0.39, 0.29) is 5.92 Å². The molecule has 0 spiro atoms. The Morgan fingerprint density at radius 1 is 1.89 bits per heavy atom. The minimum atomic E-state index is -0.719. The molecule has 0 aromatic rings. The molecule has 1 rings (SSSR count). The SMILES string of the molecule is C=CC1CC1(N)OC=O. The number of hydrogen-bond acceptors (Lipinski definition) is 3. The monoisotopic (exact) mass is 127 g/mol. The fraction of sp³-hybridized carbons (Fsp3) is 0.500. The zero-order valence-corrected chi connectivity index (χ0v) is 5.04. The van der Waals surface area contributed by atoms with E-state index in [1.807, 2.05) is 0 Å². The summed E-state index contributed by atoms with van der Waals surface area (Å²) in [6.45, 7) is 3.90. The first-order valence-corrected chi connectivity index (χ1v) is 2.76. The first kappa shape index (κ1) is 6.29. The zero-order valence-electron chi connectivity index (χ0n) is 5.04. The molecule has 0 bridgehead atoms. The molecule has 0 amide bonds. The molecule has 1 aliphatic carbocycles. The summed E-state index contributed by atoms with van der Waals surface area (Å²) in [5, 5.41) is 0. The lowest BCUT2D eigenvalue weighted by Gasteiger charge is -2.05. The molecule has 9 heavy (non-hydrogen) atoms. The van der Waals surface area contributed by atoms with Crippen molar-refractivity contribution in [1.29, 1.82) is 0 Å². The maximum absolute atomic E-state index is 9.79. The lowest BCUT2D eigenvalue weighted by atomic mass is 10.4. The van der Waals surface area contributed by atoms with E-state index >= 15 is 0 Å². The van der Waals surface area contributed by atoms with Crippen LogP contribution in [0.3, 0.4) is 0 Å². The number of rotatable bonds is 3. The molecule has 2 N–H and O–H groups in total. The minimum Gasteiger partial charge on any atom is -0.446 e. The van der Waals surface area contributed by atoms with Gasteiger partial charge < -0.3 is 4.74 Å². The molecule has 1 fully saturated rings. The van der Waals surface area contributed by atoms with Gasteiger partial charge in [0.05, 0.1) is 0 Å². The van der Waals surface area contributed by atoms with Gasteiger partial charge in [0.25, 0.3) is 6.47 Å². The first-order chi connectivity index (χ1) is 4.23. The third kappa shape index (κ3) is 0.954. The van der Waals surface area contributed by atoms with E-state index in [0.29, 0.717) is 12.9 Å². The van der Waals surface area contributed by atoms with Crippen molar-refractivity contribution in [3.05, 3.63) is 12.7 Å². The molecule has 0 aromatic heterocycles. The van der Waals surface area contributed by atoms with Crippen molar-refractivity contribution < 1.29 is 9.53 Å². The molecule has 1 aliphatic rings. The van der Waals surface area contributed by atoms with Crippen molar-refractivity contribution in [3.8, 4) is 0 Å². The molecular weight excluding hydrogens is 118 g/mol. The molecule has 3 heteroatoms. The Morgan fingerprint density at radius 3 is 2.89 bits per heavy atom. The summed E-state index contributed by atoms with van der Waals surface area (Å²) in [6, 6.07) is 0. The Bertz CT molecular complexity index is 146. The highest BCUT2D eigenvalue weighted by Crippen LogP contribution is 2.41. The van der Waals surface area contributed by atoms with Crippen molar-refractivity contribution in [2.24, 2.45) is 11.7 Å². The van der Waals surface area contributed by atoms with Gasteiger partial charge in [-0.15, -0.1) is 6.58 Å². The second-order valence-corrected chi connectivity index (χ2v) is 2.22. The molecule has 3 nitrogen and oxygen atoms in total. The summed E-state index contributed by atoms with van der Waals surface area (Å²) in [5.41, 5.74) is 4.77. The van der Waals surface area contributed by atoms with Crippen LogP contribution in [0.1, 0.15) is 6.42 Å². The Kier molecular flexibility index (Phi) is 1.29.